The van der Waals surface area contributed by atoms with Crippen LogP contribution in [0.25, 0.3) is 0 Å². The van der Waals surface area contributed by atoms with E-state index in [9.17, 15) is 9.59 Å². The Bertz CT molecular complexity index is 480. The summed E-state index contributed by atoms with van der Waals surface area (Å²) in [5.41, 5.74) is 1.43. The molecule has 1 aliphatic rings. The van der Waals surface area contributed by atoms with E-state index in [1.165, 1.54) is 4.90 Å². The summed E-state index contributed by atoms with van der Waals surface area (Å²) in [6.45, 7) is 0. The SMILES string of the molecule is COc1ccc2c(c1)C(C(=O)N(C)C)CC2=O. The molecule has 4 nitrogen and oxygen atoms in total. The predicted molar refractivity (Wildman–Crippen MR) is 63.4 cm³/mol. The fourth-order valence-corrected chi connectivity index (χ4v) is 2.15. The molecule has 1 aliphatic carbocycles. The minimum absolute atomic E-state index is 0.0304. The quantitative estimate of drug-likeness (QED) is 0.776. The summed E-state index contributed by atoms with van der Waals surface area (Å²) in [6, 6.07) is 5.27. The van der Waals surface area contributed by atoms with Gasteiger partial charge in [0, 0.05) is 26.1 Å². The Labute approximate surface area is 100 Å². The largest absolute Gasteiger partial charge is 0.497 e. The fraction of sp³-hybridized carbons (Fsp3) is 0.385. The van der Waals surface area contributed by atoms with E-state index in [1.807, 2.05) is 0 Å². The first-order valence-electron chi connectivity index (χ1n) is 5.47. The minimum atomic E-state index is -0.359. The van der Waals surface area contributed by atoms with E-state index in [0.717, 1.165) is 5.56 Å². The lowest BCUT2D eigenvalue weighted by Crippen LogP contribution is -2.27. The molecule has 1 atom stereocenters. The van der Waals surface area contributed by atoms with Crippen LogP contribution in [0.2, 0.25) is 0 Å². The van der Waals surface area contributed by atoms with Gasteiger partial charge in [0.25, 0.3) is 0 Å². The summed E-state index contributed by atoms with van der Waals surface area (Å²) >= 11 is 0. The average molecular weight is 233 g/mol. The summed E-state index contributed by atoms with van der Waals surface area (Å²) in [7, 11) is 4.97. The molecule has 90 valence electrons. The molecule has 1 aromatic carbocycles. The highest BCUT2D eigenvalue weighted by molar-refractivity contribution is 6.06. The molecule has 0 saturated carbocycles. The number of amides is 1. The molecule has 0 aliphatic heterocycles. The third-order valence-electron chi connectivity index (χ3n) is 3.06. The Hall–Kier alpha value is -1.84. The van der Waals surface area contributed by atoms with E-state index in [-0.39, 0.29) is 24.0 Å². The van der Waals surface area contributed by atoms with Crippen LogP contribution in [0.3, 0.4) is 0 Å². The highest BCUT2D eigenvalue weighted by Gasteiger charge is 2.35. The van der Waals surface area contributed by atoms with Crippen molar-refractivity contribution >= 4 is 11.7 Å². The molecule has 0 fully saturated rings. The first-order chi connectivity index (χ1) is 8.04. The van der Waals surface area contributed by atoms with Crippen molar-refractivity contribution in [3.63, 3.8) is 0 Å². The lowest BCUT2D eigenvalue weighted by Gasteiger charge is -2.16. The van der Waals surface area contributed by atoms with E-state index in [4.69, 9.17) is 4.74 Å². The molecule has 1 amide bonds. The van der Waals surface area contributed by atoms with Crippen molar-refractivity contribution in [3.8, 4) is 5.75 Å². The Kier molecular flexibility index (Phi) is 2.88. The Balaban J connectivity index is 2.44. The van der Waals surface area contributed by atoms with Gasteiger partial charge in [-0.1, -0.05) is 0 Å². The van der Waals surface area contributed by atoms with Crippen LogP contribution in [0.4, 0.5) is 0 Å². The summed E-state index contributed by atoms with van der Waals surface area (Å²) < 4.78 is 5.13. The van der Waals surface area contributed by atoms with Crippen LogP contribution >= 0.6 is 0 Å². The molecule has 1 aromatic rings. The smallest absolute Gasteiger partial charge is 0.230 e. The number of ketones is 1. The highest BCUT2D eigenvalue weighted by Crippen LogP contribution is 2.36. The maximum atomic E-state index is 12.0. The Morgan fingerprint density at radius 3 is 2.71 bits per heavy atom. The monoisotopic (exact) mass is 233 g/mol. The molecular formula is C13H15NO3. The number of ether oxygens (including phenoxy) is 1. The van der Waals surface area contributed by atoms with Gasteiger partial charge in [-0.2, -0.15) is 0 Å². The topological polar surface area (TPSA) is 46.6 Å². The van der Waals surface area contributed by atoms with Crippen LogP contribution in [0.15, 0.2) is 18.2 Å². The van der Waals surface area contributed by atoms with Gasteiger partial charge >= 0.3 is 0 Å². The number of methoxy groups -OCH3 is 1. The number of hydrogen-bond acceptors (Lipinski definition) is 3. The first kappa shape index (κ1) is 11.6. The van der Waals surface area contributed by atoms with Crippen LogP contribution in [-0.2, 0) is 4.79 Å². The second-order valence-electron chi connectivity index (χ2n) is 4.37. The van der Waals surface area contributed by atoms with Crippen molar-refractivity contribution in [2.75, 3.05) is 21.2 Å². The first-order valence-corrected chi connectivity index (χ1v) is 5.47. The van der Waals surface area contributed by atoms with Gasteiger partial charge in [0.2, 0.25) is 5.91 Å². The van der Waals surface area contributed by atoms with E-state index in [0.29, 0.717) is 11.3 Å². The summed E-state index contributed by atoms with van der Waals surface area (Å²) in [5, 5.41) is 0. The number of rotatable bonds is 2. The molecule has 0 bridgehead atoms. The van der Waals surface area contributed by atoms with Crippen molar-refractivity contribution in [1.29, 1.82) is 0 Å². The number of benzene rings is 1. The number of Topliss-reactive ketones (excluding diaryl/α,β-unsaturated/α-hetero) is 1. The summed E-state index contributed by atoms with van der Waals surface area (Å²) in [5.74, 6) is 0.311. The van der Waals surface area contributed by atoms with Gasteiger partial charge in [0.1, 0.15) is 5.75 Å². The highest BCUT2D eigenvalue weighted by atomic mass is 16.5. The van der Waals surface area contributed by atoms with E-state index < -0.39 is 0 Å². The molecule has 1 unspecified atom stereocenters. The molecule has 17 heavy (non-hydrogen) atoms. The van der Waals surface area contributed by atoms with Gasteiger partial charge in [0.15, 0.2) is 5.78 Å². The zero-order valence-corrected chi connectivity index (χ0v) is 10.2. The number of fused-ring (bicyclic) bond motifs is 1. The summed E-state index contributed by atoms with van der Waals surface area (Å²) in [6.07, 6.45) is 0.263. The molecule has 2 rings (SSSR count). The molecular weight excluding hydrogens is 218 g/mol. The summed E-state index contributed by atoms with van der Waals surface area (Å²) in [4.78, 5) is 25.3. The average Bonchev–Trinajstić information content (AvgIpc) is 2.65. The second kappa shape index (κ2) is 4.20. The van der Waals surface area contributed by atoms with Gasteiger partial charge in [-0.15, -0.1) is 0 Å². The van der Waals surface area contributed by atoms with Crippen LogP contribution in [0.5, 0.6) is 5.75 Å². The van der Waals surface area contributed by atoms with Gasteiger partial charge in [0.05, 0.1) is 13.0 Å². The molecule has 0 spiro atoms. The fourth-order valence-electron chi connectivity index (χ4n) is 2.15. The Morgan fingerprint density at radius 2 is 2.12 bits per heavy atom. The lowest BCUT2D eigenvalue weighted by atomic mass is 10.00. The van der Waals surface area contributed by atoms with Crippen molar-refractivity contribution < 1.29 is 14.3 Å². The number of hydrogen-bond donors (Lipinski definition) is 0. The van der Waals surface area contributed by atoms with Crippen molar-refractivity contribution in [2.24, 2.45) is 0 Å². The Morgan fingerprint density at radius 1 is 1.41 bits per heavy atom. The second-order valence-corrected chi connectivity index (χ2v) is 4.37. The van der Waals surface area contributed by atoms with E-state index >= 15 is 0 Å². The van der Waals surface area contributed by atoms with Gasteiger partial charge in [-0.3, -0.25) is 9.59 Å². The van der Waals surface area contributed by atoms with Crippen molar-refractivity contribution in [2.45, 2.75) is 12.3 Å². The molecule has 0 radical (unpaired) electrons. The third kappa shape index (κ3) is 1.90. The molecule has 0 saturated heterocycles. The van der Waals surface area contributed by atoms with Gasteiger partial charge < -0.3 is 9.64 Å². The number of likely N-dealkylation sites (N-methyl/N-ethyl adjacent to an activating group) is 1. The van der Waals surface area contributed by atoms with Crippen LogP contribution in [0.1, 0.15) is 28.3 Å². The van der Waals surface area contributed by atoms with Crippen LogP contribution < -0.4 is 4.74 Å². The predicted octanol–water partition coefficient (Wildman–Crippen LogP) is 1.45. The standard InChI is InChI=1S/C13H15NO3/c1-14(2)13(16)11-7-12(15)9-5-4-8(17-3)6-10(9)11/h4-6,11H,7H2,1-3H3. The molecule has 0 heterocycles. The van der Waals surface area contributed by atoms with Crippen molar-refractivity contribution in [3.05, 3.63) is 29.3 Å². The number of nitrogens with zero attached hydrogens (tertiary/aromatic N) is 1. The number of carbonyl (C=O) groups is 2. The lowest BCUT2D eigenvalue weighted by molar-refractivity contribution is -0.130. The minimum Gasteiger partial charge on any atom is -0.497 e. The third-order valence-corrected chi connectivity index (χ3v) is 3.06. The van der Waals surface area contributed by atoms with E-state index in [1.54, 1.807) is 39.4 Å². The molecule has 0 aromatic heterocycles. The number of carbonyl (C=O) groups excluding carboxylic acids is 2. The van der Waals surface area contributed by atoms with Crippen molar-refractivity contribution in [1.82, 2.24) is 4.90 Å². The van der Waals surface area contributed by atoms with E-state index in [2.05, 4.69) is 0 Å². The maximum Gasteiger partial charge on any atom is 0.230 e. The molecule has 4 heteroatoms. The van der Waals surface area contributed by atoms with Crippen LogP contribution in [-0.4, -0.2) is 37.8 Å². The van der Waals surface area contributed by atoms with Gasteiger partial charge in [-0.25, -0.2) is 0 Å². The van der Waals surface area contributed by atoms with Gasteiger partial charge in [-0.05, 0) is 23.8 Å². The maximum absolute atomic E-state index is 12.0. The zero-order valence-electron chi connectivity index (χ0n) is 10.2. The zero-order chi connectivity index (χ0) is 12.6. The normalized spacial score (nSPS) is 17.8. The van der Waals surface area contributed by atoms with Crippen LogP contribution in [0, 0.1) is 0 Å². The molecule has 0 N–H and O–H groups in total.